The van der Waals surface area contributed by atoms with E-state index < -0.39 is 15.4 Å². The van der Waals surface area contributed by atoms with Crippen LogP contribution in [0.3, 0.4) is 0 Å². The fraction of sp³-hybridized carbons (Fsp3) is 0.481. The van der Waals surface area contributed by atoms with Gasteiger partial charge in [0.25, 0.3) is 0 Å². The van der Waals surface area contributed by atoms with Crippen molar-refractivity contribution < 1.29 is 13.2 Å². The van der Waals surface area contributed by atoms with Crippen molar-refractivity contribution in [3.8, 4) is 0 Å². The van der Waals surface area contributed by atoms with E-state index in [0.717, 1.165) is 11.1 Å². The van der Waals surface area contributed by atoms with Crippen LogP contribution in [-0.4, -0.2) is 42.0 Å². The van der Waals surface area contributed by atoms with E-state index in [1.165, 1.54) is 0 Å². The average molecular weight is 551 g/mol. The maximum absolute atomic E-state index is 14.2. The number of allylic oxidation sites excluding steroid dienone is 1. The molecule has 1 amide bonds. The van der Waals surface area contributed by atoms with Crippen LogP contribution in [0.5, 0.6) is 0 Å². The molecule has 2 fully saturated rings. The van der Waals surface area contributed by atoms with Gasteiger partial charge in [0, 0.05) is 35.9 Å². The van der Waals surface area contributed by atoms with Crippen molar-refractivity contribution in [2.45, 2.75) is 69.2 Å². The van der Waals surface area contributed by atoms with Gasteiger partial charge >= 0.3 is 0 Å². The van der Waals surface area contributed by atoms with Crippen LogP contribution in [0.4, 0.5) is 0 Å². The van der Waals surface area contributed by atoms with Crippen molar-refractivity contribution in [3.63, 3.8) is 0 Å². The Hall–Kier alpha value is -1.93. The zero-order chi connectivity index (χ0) is 26.1. The van der Waals surface area contributed by atoms with Gasteiger partial charge in [-0.3, -0.25) is 9.78 Å². The zero-order valence-electron chi connectivity index (χ0n) is 20.7. The zero-order valence-corrected chi connectivity index (χ0v) is 23.0. The molecule has 1 aromatic heterocycles. The van der Waals surface area contributed by atoms with Crippen molar-refractivity contribution in [1.29, 1.82) is 0 Å². The van der Waals surface area contributed by atoms with Crippen molar-refractivity contribution in [3.05, 3.63) is 76.6 Å². The lowest BCUT2D eigenvalue weighted by Gasteiger charge is -2.52. The molecule has 1 N–H and O–H groups in total. The van der Waals surface area contributed by atoms with Crippen LogP contribution in [0.15, 0.2) is 55.4 Å². The van der Waals surface area contributed by atoms with Crippen molar-refractivity contribution in [2.24, 2.45) is 5.41 Å². The number of nitrogens with zero attached hydrogens (tertiary/aromatic N) is 2. The lowest BCUT2D eigenvalue weighted by atomic mass is 9.67. The fourth-order valence-corrected chi connectivity index (χ4v) is 7.06. The molecule has 1 aliphatic heterocycles. The second kappa shape index (κ2) is 10.8. The van der Waals surface area contributed by atoms with E-state index in [-0.39, 0.29) is 35.7 Å². The normalized spacial score (nSPS) is 25.6. The minimum Gasteiger partial charge on any atom is -0.330 e. The Labute approximate surface area is 224 Å². The Morgan fingerprint density at radius 1 is 1.19 bits per heavy atom. The van der Waals surface area contributed by atoms with Gasteiger partial charge < -0.3 is 4.90 Å². The molecular formula is C27H33Cl2N3O3S. The first-order valence-corrected chi connectivity index (χ1v) is 14.7. The number of hydrogen-bond acceptors (Lipinski definition) is 4. The molecule has 9 heteroatoms. The number of nitrogens with one attached hydrogen (secondary N) is 1. The number of rotatable bonds is 10. The van der Waals surface area contributed by atoms with Crippen LogP contribution < -0.4 is 4.72 Å². The smallest absolute Gasteiger partial charge is 0.229 e. The van der Waals surface area contributed by atoms with Gasteiger partial charge in [0.05, 0.1) is 21.7 Å². The summed E-state index contributed by atoms with van der Waals surface area (Å²) < 4.78 is 28.1. The van der Waals surface area contributed by atoms with Crippen LogP contribution in [-0.2, 0) is 14.8 Å². The molecule has 4 rings (SSSR count). The molecule has 1 saturated heterocycles. The molecule has 4 atom stereocenters. The highest BCUT2D eigenvalue weighted by Gasteiger charge is 2.51. The van der Waals surface area contributed by atoms with Crippen LogP contribution in [0.25, 0.3) is 0 Å². The number of aromatic nitrogens is 1. The van der Waals surface area contributed by atoms with E-state index in [1.54, 1.807) is 18.5 Å². The number of sulfonamides is 1. The second-order valence-corrected chi connectivity index (χ2v) is 13.1. The number of carbonyl (C=O) groups excluding carboxylic acids is 1. The molecule has 1 aromatic carbocycles. The molecule has 2 aromatic rings. The number of carbonyl (C=O) groups is 1. The number of halogens is 2. The Morgan fingerprint density at radius 2 is 1.89 bits per heavy atom. The Morgan fingerprint density at radius 3 is 2.47 bits per heavy atom. The summed E-state index contributed by atoms with van der Waals surface area (Å²) in [5, 5.41) is 0.810. The maximum atomic E-state index is 14.2. The van der Waals surface area contributed by atoms with E-state index in [0.29, 0.717) is 42.1 Å². The molecule has 1 saturated carbocycles. The van der Waals surface area contributed by atoms with Crippen molar-refractivity contribution in [2.75, 3.05) is 6.54 Å². The van der Waals surface area contributed by atoms with Gasteiger partial charge in [-0.1, -0.05) is 55.3 Å². The molecule has 0 unspecified atom stereocenters. The quantitative estimate of drug-likeness (QED) is 0.375. The van der Waals surface area contributed by atoms with Gasteiger partial charge in [0.15, 0.2) is 0 Å². The molecule has 0 bridgehead atoms. The number of amides is 1. The minimum absolute atomic E-state index is 0.00828. The molecule has 36 heavy (non-hydrogen) atoms. The monoisotopic (exact) mass is 549 g/mol. The van der Waals surface area contributed by atoms with Gasteiger partial charge in [0.1, 0.15) is 0 Å². The van der Waals surface area contributed by atoms with E-state index in [4.69, 9.17) is 23.2 Å². The van der Waals surface area contributed by atoms with Gasteiger partial charge in [-0.15, -0.1) is 6.58 Å². The first kappa shape index (κ1) is 27.1. The molecule has 0 radical (unpaired) electrons. The van der Waals surface area contributed by atoms with Gasteiger partial charge in [-0.05, 0) is 61.4 Å². The number of piperidine rings is 1. The summed E-state index contributed by atoms with van der Waals surface area (Å²) in [5.41, 5.74) is 1.16. The number of hydrogen-bond donors (Lipinski definition) is 1. The molecule has 2 heterocycles. The topological polar surface area (TPSA) is 79.4 Å². The lowest BCUT2D eigenvalue weighted by Crippen LogP contribution is -2.57. The molecule has 194 valence electrons. The molecule has 2 aliphatic rings. The highest BCUT2D eigenvalue weighted by Crippen LogP contribution is 2.52. The summed E-state index contributed by atoms with van der Waals surface area (Å²) in [7, 11) is -3.40. The summed E-state index contributed by atoms with van der Waals surface area (Å²) >= 11 is 12.6. The minimum atomic E-state index is -3.40. The molecule has 0 spiro atoms. The van der Waals surface area contributed by atoms with Crippen molar-refractivity contribution in [1.82, 2.24) is 14.6 Å². The first-order chi connectivity index (χ1) is 17.1. The van der Waals surface area contributed by atoms with Gasteiger partial charge in [0.2, 0.25) is 15.9 Å². The maximum Gasteiger partial charge on any atom is 0.229 e. The van der Waals surface area contributed by atoms with E-state index in [1.807, 2.05) is 49.1 Å². The SMILES string of the molecule is C=CC[C@@]1(C)C[C@H](c2cncc(Cl)c2)[C@@H](c2ccc(Cl)cc2)N([C@@H](CC)CNS(=O)(=O)C2CC2)C1=O. The third-order valence-electron chi connectivity index (χ3n) is 7.41. The predicted octanol–water partition coefficient (Wildman–Crippen LogP) is 5.89. The van der Waals surface area contributed by atoms with E-state index >= 15 is 0 Å². The highest BCUT2D eigenvalue weighted by atomic mass is 35.5. The van der Waals surface area contributed by atoms with Crippen LogP contribution in [0, 0.1) is 5.41 Å². The van der Waals surface area contributed by atoms with Gasteiger partial charge in [-0.2, -0.15) is 0 Å². The largest absolute Gasteiger partial charge is 0.330 e. The first-order valence-electron chi connectivity index (χ1n) is 12.4. The molecule has 6 nitrogen and oxygen atoms in total. The Bertz CT molecular complexity index is 1220. The summed E-state index contributed by atoms with van der Waals surface area (Å²) in [6, 6.07) is 8.74. The van der Waals surface area contributed by atoms with E-state index in [2.05, 4.69) is 16.3 Å². The Kier molecular flexibility index (Phi) is 8.15. The predicted molar refractivity (Wildman–Crippen MR) is 145 cm³/mol. The molecular weight excluding hydrogens is 517 g/mol. The van der Waals surface area contributed by atoms with Gasteiger partial charge in [-0.25, -0.2) is 13.1 Å². The second-order valence-electron chi connectivity index (χ2n) is 10.2. The number of likely N-dealkylation sites (tertiary alicyclic amines) is 1. The fourth-order valence-electron chi connectivity index (χ4n) is 5.33. The molecule has 1 aliphatic carbocycles. The van der Waals surface area contributed by atoms with Crippen LogP contribution in [0.1, 0.15) is 69.0 Å². The highest BCUT2D eigenvalue weighted by molar-refractivity contribution is 7.90. The standard InChI is InChI=1S/C27H33Cl2N3O3S/c1-4-12-27(3)14-24(19-13-21(29)16-30-15-19)25(18-6-8-20(28)9-7-18)32(26(27)33)22(5-2)17-31-36(34,35)23-10-11-23/h4,6-9,13,15-16,22-25,31H,1,5,10-12,14,17H2,2-3H3/t22-,24+,25+,27-/m0/s1. The van der Waals surface area contributed by atoms with Crippen LogP contribution in [0.2, 0.25) is 10.0 Å². The number of pyridine rings is 1. The Balaban J connectivity index is 1.82. The summed E-state index contributed by atoms with van der Waals surface area (Å²) in [4.78, 5) is 20.5. The summed E-state index contributed by atoms with van der Waals surface area (Å²) in [6.45, 7) is 8.02. The van der Waals surface area contributed by atoms with E-state index in [9.17, 15) is 13.2 Å². The summed E-state index contributed by atoms with van der Waals surface area (Å²) in [5.74, 6) is -0.125. The lowest BCUT2D eigenvalue weighted by molar-refractivity contribution is -0.154. The third-order valence-corrected chi connectivity index (χ3v) is 9.79. The third kappa shape index (κ3) is 5.64. The summed E-state index contributed by atoms with van der Waals surface area (Å²) in [6.07, 6.45) is 8.22. The van der Waals surface area contributed by atoms with Crippen molar-refractivity contribution >= 4 is 39.1 Å². The number of benzene rings is 1. The average Bonchev–Trinajstić information content (AvgIpc) is 3.69. The van der Waals surface area contributed by atoms with Crippen LogP contribution >= 0.6 is 23.2 Å².